The normalized spacial score (nSPS) is 35.8. The fraction of sp³-hybridized carbons (Fsp3) is 1.00. The van der Waals surface area contributed by atoms with Crippen LogP contribution in [0.2, 0.25) is 0 Å². The van der Waals surface area contributed by atoms with Gasteiger partial charge in [-0.05, 0) is 0 Å². The minimum atomic E-state index is -5.04. The molecule has 2 rings (SSSR count). The van der Waals surface area contributed by atoms with Gasteiger partial charge in [0.15, 0.2) is 12.4 Å². The molecule has 0 aromatic heterocycles. The lowest BCUT2D eigenvalue weighted by Gasteiger charge is -2.37. The maximum absolute atomic E-state index is 10.6. The lowest BCUT2D eigenvalue weighted by Crippen LogP contribution is -2.62. The van der Waals surface area contributed by atoms with Crippen LogP contribution in [-0.4, -0.2) is 73.2 Å². The SMILES string of the molecule is O=S(=O)(O)OC[C@H]1O[C@H](O)[C@H](OS(=O)(=O)O)[C@@H](O)C12OO2. The summed E-state index contributed by atoms with van der Waals surface area (Å²) in [7, 11) is -9.89. The molecule has 2 saturated heterocycles. The van der Waals surface area contributed by atoms with Crippen LogP contribution in [-0.2, 0) is 43.7 Å². The van der Waals surface area contributed by atoms with Crippen molar-refractivity contribution < 1.29 is 59.0 Å². The van der Waals surface area contributed by atoms with E-state index < -0.39 is 57.8 Å². The van der Waals surface area contributed by atoms with Gasteiger partial charge in [-0.2, -0.15) is 26.6 Å². The Labute approximate surface area is 117 Å². The van der Waals surface area contributed by atoms with E-state index >= 15 is 0 Å². The van der Waals surface area contributed by atoms with Gasteiger partial charge in [-0.15, -0.1) is 0 Å². The highest BCUT2D eigenvalue weighted by Gasteiger charge is 2.70. The number of aliphatic hydroxyl groups is 2. The second-order valence-electron chi connectivity index (χ2n) is 4.05. The topological polar surface area (TPSA) is 202 Å². The molecular weight excluding hydrogens is 344 g/mol. The molecule has 1 spiro atoms. The Morgan fingerprint density at radius 2 is 1.62 bits per heavy atom. The molecule has 0 aromatic rings. The Bertz CT molecular complexity index is 586. The number of rotatable bonds is 5. The Balaban J connectivity index is 2.13. The highest BCUT2D eigenvalue weighted by atomic mass is 32.3. The summed E-state index contributed by atoms with van der Waals surface area (Å²) in [5.41, 5.74) is 0. The van der Waals surface area contributed by atoms with E-state index in [1.807, 2.05) is 0 Å². The van der Waals surface area contributed by atoms with E-state index in [4.69, 9.17) is 13.8 Å². The zero-order valence-corrected chi connectivity index (χ0v) is 11.4. The number of hydrogen-bond acceptors (Lipinski definition) is 11. The maximum atomic E-state index is 10.6. The third-order valence-corrected chi connectivity index (χ3v) is 3.53. The molecule has 2 heterocycles. The summed E-state index contributed by atoms with van der Waals surface area (Å²) < 4.78 is 71.8. The lowest BCUT2D eigenvalue weighted by atomic mass is 9.97. The summed E-state index contributed by atoms with van der Waals surface area (Å²) in [6.07, 6.45) is -7.65. The molecule has 0 aliphatic carbocycles. The van der Waals surface area contributed by atoms with Gasteiger partial charge in [0, 0.05) is 0 Å². The molecule has 21 heavy (non-hydrogen) atoms. The van der Waals surface area contributed by atoms with Crippen LogP contribution in [0.25, 0.3) is 0 Å². The van der Waals surface area contributed by atoms with Crippen LogP contribution in [0.4, 0.5) is 0 Å². The van der Waals surface area contributed by atoms with Crippen molar-refractivity contribution in [3.05, 3.63) is 0 Å². The molecule has 0 aromatic carbocycles. The van der Waals surface area contributed by atoms with E-state index in [2.05, 4.69) is 18.1 Å². The van der Waals surface area contributed by atoms with Gasteiger partial charge in [0.2, 0.25) is 0 Å². The highest BCUT2D eigenvalue weighted by Crippen LogP contribution is 2.45. The molecule has 4 atom stereocenters. The van der Waals surface area contributed by atoms with E-state index in [1.54, 1.807) is 0 Å². The van der Waals surface area contributed by atoms with Gasteiger partial charge in [-0.1, -0.05) is 0 Å². The van der Waals surface area contributed by atoms with Crippen LogP contribution in [0.3, 0.4) is 0 Å². The van der Waals surface area contributed by atoms with Crippen molar-refractivity contribution in [2.45, 2.75) is 30.4 Å². The van der Waals surface area contributed by atoms with Gasteiger partial charge in [-0.25, -0.2) is 8.37 Å². The fourth-order valence-corrected chi connectivity index (χ4v) is 2.49. The first kappa shape index (κ1) is 16.9. The van der Waals surface area contributed by atoms with Crippen molar-refractivity contribution in [2.75, 3.05) is 6.61 Å². The van der Waals surface area contributed by atoms with E-state index in [0.29, 0.717) is 0 Å². The second-order valence-corrected chi connectivity index (χ2v) is 6.19. The first-order chi connectivity index (χ1) is 9.45. The number of aliphatic hydroxyl groups excluding tert-OH is 2. The minimum Gasteiger partial charge on any atom is -0.384 e. The molecule has 13 nitrogen and oxygen atoms in total. The Hall–Kier alpha value is -0.460. The van der Waals surface area contributed by atoms with Crippen LogP contribution in [0, 0.1) is 0 Å². The first-order valence-electron chi connectivity index (χ1n) is 5.10. The van der Waals surface area contributed by atoms with E-state index in [1.165, 1.54) is 0 Å². The van der Waals surface area contributed by atoms with Gasteiger partial charge < -0.3 is 14.9 Å². The molecule has 0 radical (unpaired) electrons. The van der Waals surface area contributed by atoms with Crippen molar-refractivity contribution in [2.24, 2.45) is 0 Å². The van der Waals surface area contributed by atoms with Crippen molar-refractivity contribution in [3.8, 4) is 0 Å². The molecule has 15 heteroatoms. The molecule has 124 valence electrons. The Morgan fingerprint density at radius 1 is 1.05 bits per heavy atom. The molecule has 2 aliphatic heterocycles. The predicted molar refractivity (Wildman–Crippen MR) is 55.7 cm³/mol. The molecule has 0 saturated carbocycles. The summed E-state index contributed by atoms with van der Waals surface area (Å²) >= 11 is 0. The maximum Gasteiger partial charge on any atom is 0.397 e. The zero-order chi connectivity index (χ0) is 16.1. The van der Waals surface area contributed by atoms with Crippen molar-refractivity contribution in [1.29, 1.82) is 0 Å². The van der Waals surface area contributed by atoms with Crippen LogP contribution in [0.1, 0.15) is 0 Å². The number of hydrogen-bond donors (Lipinski definition) is 4. The van der Waals surface area contributed by atoms with Gasteiger partial charge in [0.05, 0.1) is 0 Å². The van der Waals surface area contributed by atoms with E-state index in [-0.39, 0.29) is 0 Å². The summed E-state index contributed by atoms with van der Waals surface area (Å²) in [4.78, 5) is 8.84. The monoisotopic (exact) mass is 354 g/mol. The van der Waals surface area contributed by atoms with E-state index in [9.17, 15) is 27.0 Å². The first-order valence-corrected chi connectivity index (χ1v) is 7.83. The van der Waals surface area contributed by atoms with E-state index in [0.717, 1.165) is 0 Å². The molecule has 2 aliphatic rings. The molecule has 0 unspecified atom stereocenters. The van der Waals surface area contributed by atoms with Crippen LogP contribution in [0.15, 0.2) is 0 Å². The zero-order valence-electron chi connectivity index (χ0n) is 9.80. The summed E-state index contributed by atoms with van der Waals surface area (Å²) in [6, 6.07) is 0. The third-order valence-electron chi connectivity index (χ3n) is 2.63. The van der Waals surface area contributed by atoms with Crippen LogP contribution < -0.4 is 0 Å². The second kappa shape index (κ2) is 5.32. The highest BCUT2D eigenvalue weighted by molar-refractivity contribution is 7.81. The summed E-state index contributed by atoms with van der Waals surface area (Å²) in [5.74, 6) is -2.08. The molecule has 4 N–H and O–H groups in total. The average molecular weight is 354 g/mol. The fourth-order valence-electron chi connectivity index (χ4n) is 1.71. The standard InChI is InChI=1S/C6H10O13S2/c7-4-3(17-21(12,13)14)5(8)16-2(6(4)18-19-6)1-15-20(9,10)11/h2-5,7-8H,1H2,(H,9,10,11)(H,12,13,14)/t2-,3-,4-,5+/m1/s1. The third kappa shape index (κ3) is 3.85. The van der Waals surface area contributed by atoms with Crippen molar-refractivity contribution in [3.63, 3.8) is 0 Å². The van der Waals surface area contributed by atoms with Gasteiger partial charge in [0.1, 0.15) is 18.8 Å². The largest absolute Gasteiger partial charge is 0.397 e. The summed E-state index contributed by atoms with van der Waals surface area (Å²) in [5, 5.41) is 19.3. The lowest BCUT2D eigenvalue weighted by molar-refractivity contribution is -0.275. The molecule has 2 fully saturated rings. The van der Waals surface area contributed by atoms with Crippen molar-refractivity contribution in [1.82, 2.24) is 0 Å². The minimum absolute atomic E-state index is 0.925. The van der Waals surface area contributed by atoms with Crippen molar-refractivity contribution >= 4 is 20.8 Å². The van der Waals surface area contributed by atoms with Crippen LogP contribution in [0.5, 0.6) is 0 Å². The van der Waals surface area contributed by atoms with Gasteiger partial charge in [-0.3, -0.25) is 9.11 Å². The van der Waals surface area contributed by atoms with Crippen LogP contribution >= 0.6 is 0 Å². The smallest absolute Gasteiger partial charge is 0.384 e. The number of ether oxygens (including phenoxy) is 1. The molecular formula is C6H10O13S2. The molecule has 0 bridgehead atoms. The Kier molecular flexibility index (Phi) is 4.28. The van der Waals surface area contributed by atoms with Gasteiger partial charge >= 0.3 is 20.8 Å². The van der Waals surface area contributed by atoms with Gasteiger partial charge in [0.25, 0.3) is 5.79 Å². The quantitative estimate of drug-likeness (QED) is 0.218. The predicted octanol–water partition coefficient (Wildman–Crippen LogP) is -3.27. The summed E-state index contributed by atoms with van der Waals surface area (Å²) in [6.45, 7) is -0.925. The Morgan fingerprint density at radius 3 is 2.05 bits per heavy atom. The average Bonchev–Trinajstić information content (AvgIpc) is 3.07. The molecule has 0 amide bonds.